The predicted molar refractivity (Wildman–Crippen MR) is 165 cm³/mol. The van der Waals surface area contributed by atoms with E-state index in [-0.39, 0.29) is 16.2 Å². The van der Waals surface area contributed by atoms with Gasteiger partial charge in [0.15, 0.2) is 0 Å². The summed E-state index contributed by atoms with van der Waals surface area (Å²) in [6.07, 6.45) is 16.7. The summed E-state index contributed by atoms with van der Waals surface area (Å²) in [5, 5.41) is 10.9. The van der Waals surface area contributed by atoms with Crippen LogP contribution in [0.3, 0.4) is 0 Å². The summed E-state index contributed by atoms with van der Waals surface area (Å²) in [7, 11) is 0. The molecule has 0 spiro atoms. The highest BCUT2D eigenvalue weighted by molar-refractivity contribution is 5.35. The molecule has 1 aromatic carbocycles. The maximum absolute atomic E-state index is 10.9. The zero-order valence-electron chi connectivity index (χ0n) is 25.7. The topological polar surface area (TPSA) is 61.6 Å². The second-order valence-electron chi connectivity index (χ2n) is 11.9. The van der Waals surface area contributed by atoms with Gasteiger partial charge < -0.3 is 9.47 Å². The lowest BCUT2D eigenvalue weighted by Gasteiger charge is -2.30. The average molecular weight is 542 g/mol. The smallest absolute Gasteiger partial charge is 0.269 e. The molecule has 0 amide bonds. The fourth-order valence-electron chi connectivity index (χ4n) is 4.84. The Morgan fingerprint density at radius 1 is 0.974 bits per heavy atom. The maximum Gasteiger partial charge on any atom is 0.269 e. The van der Waals surface area contributed by atoms with E-state index >= 15 is 0 Å². The lowest BCUT2D eigenvalue weighted by atomic mass is 9.87. The van der Waals surface area contributed by atoms with Gasteiger partial charge in [0.1, 0.15) is 0 Å². The molecule has 1 unspecified atom stereocenters. The van der Waals surface area contributed by atoms with Crippen molar-refractivity contribution in [3.05, 3.63) is 76.4 Å². The van der Waals surface area contributed by atoms with Crippen molar-refractivity contribution in [3.8, 4) is 0 Å². The molecule has 0 fully saturated rings. The zero-order valence-corrected chi connectivity index (χ0v) is 25.7. The van der Waals surface area contributed by atoms with Crippen molar-refractivity contribution < 1.29 is 14.4 Å². The van der Waals surface area contributed by atoms with Crippen molar-refractivity contribution in [3.63, 3.8) is 0 Å². The lowest BCUT2D eigenvalue weighted by Crippen LogP contribution is -2.30. The number of hydrogen-bond donors (Lipinski definition) is 0. The van der Waals surface area contributed by atoms with E-state index in [4.69, 9.17) is 9.47 Å². The van der Waals surface area contributed by atoms with Crippen molar-refractivity contribution in [2.75, 3.05) is 13.2 Å². The number of rotatable bonds is 22. The predicted octanol–water partition coefficient (Wildman–Crippen LogP) is 10.3. The number of nitrogens with zero attached hydrogens (tertiary/aromatic N) is 1. The van der Waals surface area contributed by atoms with Crippen LogP contribution in [0.4, 0.5) is 5.69 Å². The van der Waals surface area contributed by atoms with Crippen LogP contribution in [0.1, 0.15) is 118 Å². The van der Waals surface area contributed by atoms with Gasteiger partial charge in [-0.3, -0.25) is 10.1 Å². The molecule has 0 saturated heterocycles. The van der Waals surface area contributed by atoms with Crippen LogP contribution in [0.2, 0.25) is 0 Å². The van der Waals surface area contributed by atoms with Crippen LogP contribution >= 0.6 is 0 Å². The van der Waals surface area contributed by atoms with E-state index < -0.39 is 5.60 Å². The second kappa shape index (κ2) is 18.2. The molecule has 5 heteroatoms. The molecule has 1 atom stereocenters. The lowest BCUT2D eigenvalue weighted by molar-refractivity contribution is -0.384. The van der Waals surface area contributed by atoms with Gasteiger partial charge in [-0.15, -0.1) is 6.58 Å². The van der Waals surface area contributed by atoms with E-state index in [0.29, 0.717) is 13.2 Å². The molecule has 0 bridgehead atoms. The Hall–Kier alpha value is -2.24. The third-order valence-corrected chi connectivity index (χ3v) is 7.42. The van der Waals surface area contributed by atoms with Gasteiger partial charge in [-0.2, -0.15) is 0 Å². The minimum Gasteiger partial charge on any atom is -0.375 e. The number of ether oxygens (including phenoxy) is 2. The summed E-state index contributed by atoms with van der Waals surface area (Å²) in [5.41, 5.74) is 3.05. The SMILES string of the molecule is C=CCC/C=C(\CCC)CC(CCC)CCC(=C)CCOC(C)(C)CCOC(C)(C)c1ccc([N+](=O)[O-])cc1. The van der Waals surface area contributed by atoms with Gasteiger partial charge in [0.25, 0.3) is 5.69 Å². The van der Waals surface area contributed by atoms with Crippen molar-refractivity contribution in [1.82, 2.24) is 0 Å². The van der Waals surface area contributed by atoms with Crippen molar-refractivity contribution in [1.29, 1.82) is 0 Å². The van der Waals surface area contributed by atoms with E-state index in [1.54, 1.807) is 17.7 Å². The Bertz CT molecular complexity index is 898. The highest BCUT2D eigenvalue weighted by atomic mass is 16.6. The molecule has 0 aromatic heterocycles. The molecular formula is C34H55NO4. The van der Waals surface area contributed by atoms with Crippen LogP contribution in [0.15, 0.2) is 60.7 Å². The van der Waals surface area contributed by atoms with Gasteiger partial charge in [0, 0.05) is 12.1 Å². The molecule has 0 N–H and O–H groups in total. The molecule has 0 heterocycles. The Morgan fingerprint density at radius 2 is 1.67 bits per heavy atom. The standard InChI is InChI=1S/C34H55NO4/c1-9-12-13-16-29(14-10-2)27-30(15-11-3)18-17-28(4)23-25-38-33(5,6)24-26-39-34(7,8)31-19-21-32(22-20-31)35(36)37/h9,16,19-22,30H,1,4,10-15,17-18,23-27H2,2-3,5-8H3/b29-16+. The minimum absolute atomic E-state index is 0.0869. The first-order valence-electron chi connectivity index (χ1n) is 14.9. The van der Waals surface area contributed by atoms with E-state index in [2.05, 4.69) is 46.9 Å². The number of hydrogen-bond acceptors (Lipinski definition) is 4. The zero-order chi connectivity index (χ0) is 29.3. The summed E-state index contributed by atoms with van der Waals surface area (Å²) >= 11 is 0. The van der Waals surface area contributed by atoms with Gasteiger partial charge in [-0.1, -0.05) is 63.0 Å². The highest BCUT2D eigenvalue weighted by Crippen LogP contribution is 2.29. The number of nitro benzene ring substituents is 1. The maximum atomic E-state index is 10.9. The Kier molecular flexibility index (Phi) is 16.2. The van der Waals surface area contributed by atoms with Gasteiger partial charge in [0.05, 0.1) is 29.3 Å². The largest absolute Gasteiger partial charge is 0.375 e. The van der Waals surface area contributed by atoms with Crippen LogP contribution in [-0.2, 0) is 15.1 Å². The van der Waals surface area contributed by atoms with Crippen LogP contribution in [0.25, 0.3) is 0 Å². The number of non-ortho nitro benzene ring substituents is 1. The van der Waals surface area contributed by atoms with Crippen LogP contribution < -0.4 is 0 Å². The molecule has 1 rings (SSSR count). The van der Waals surface area contributed by atoms with Gasteiger partial charge in [-0.25, -0.2) is 0 Å². The third-order valence-electron chi connectivity index (χ3n) is 7.42. The summed E-state index contributed by atoms with van der Waals surface area (Å²) in [6, 6.07) is 6.58. The molecule has 0 radical (unpaired) electrons. The monoisotopic (exact) mass is 541 g/mol. The number of allylic oxidation sites excluding steroid dienone is 3. The molecule has 220 valence electrons. The van der Waals surface area contributed by atoms with Crippen LogP contribution in [0, 0.1) is 16.0 Å². The Morgan fingerprint density at radius 3 is 2.26 bits per heavy atom. The molecule has 39 heavy (non-hydrogen) atoms. The quantitative estimate of drug-likeness (QED) is 0.0634. The van der Waals surface area contributed by atoms with Crippen molar-refractivity contribution >= 4 is 5.69 Å². The molecule has 1 aromatic rings. The van der Waals surface area contributed by atoms with Crippen molar-refractivity contribution in [2.45, 2.75) is 123 Å². The normalized spacial score (nSPS) is 13.3. The summed E-state index contributed by atoms with van der Waals surface area (Å²) < 4.78 is 12.4. The van der Waals surface area contributed by atoms with E-state index in [0.717, 1.165) is 43.6 Å². The molecule has 0 aliphatic carbocycles. The fourth-order valence-corrected chi connectivity index (χ4v) is 4.84. The average Bonchev–Trinajstić information content (AvgIpc) is 2.87. The molecular weight excluding hydrogens is 486 g/mol. The number of unbranched alkanes of at least 4 members (excludes halogenated alkanes) is 1. The Balaban J connectivity index is 2.45. The van der Waals surface area contributed by atoms with E-state index in [9.17, 15) is 10.1 Å². The van der Waals surface area contributed by atoms with Crippen LogP contribution in [-0.4, -0.2) is 23.7 Å². The van der Waals surface area contributed by atoms with Gasteiger partial charge in [-0.05, 0) is 103 Å². The molecule has 0 aliphatic heterocycles. The Labute approximate surface area is 238 Å². The second-order valence-corrected chi connectivity index (χ2v) is 11.9. The number of benzene rings is 1. The fraction of sp³-hybridized carbons (Fsp3) is 0.647. The first-order chi connectivity index (χ1) is 18.4. The van der Waals surface area contributed by atoms with Crippen LogP contribution in [0.5, 0.6) is 0 Å². The summed E-state index contributed by atoms with van der Waals surface area (Å²) in [5.74, 6) is 0.724. The number of nitro groups is 1. The van der Waals surface area contributed by atoms with Gasteiger partial charge >= 0.3 is 0 Å². The third kappa shape index (κ3) is 14.6. The minimum atomic E-state index is -0.535. The summed E-state index contributed by atoms with van der Waals surface area (Å²) in [6.45, 7) is 22.1. The molecule has 0 saturated carbocycles. The molecule has 5 nitrogen and oxygen atoms in total. The van der Waals surface area contributed by atoms with E-state index in [1.807, 2.05) is 19.9 Å². The highest BCUT2D eigenvalue weighted by Gasteiger charge is 2.25. The van der Waals surface area contributed by atoms with E-state index in [1.165, 1.54) is 56.2 Å². The summed E-state index contributed by atoms with van der Waals surface area (Å²) in [4.78, 5) is 10.5. The molecule has 0 aliphatic rings. The van der Waals surface area contributed by atoms with Crippen molar-refractivity contribution in [2.24, 2.45) is 5.92 Å². The first kappa shape index (κ1) is 34.8. The van der Waals surface area contributed by atoms with Gasteiger partial charge in [0.2, 0.25) is 0 Å². The first-order valence-corrected chi connectivity index (χ1v) is 14.9.